The summed E-state index contributed by atoms with van der Waals surface area (Å²) in [6.07, 6.45) is 2.25. The molecule has 0 unspecified atom stereocenters. The predicted octanol–water partition coefficient (Wildman–Crippen LogP) is 4.67. The number of aryl methyl sites for hydroxylation is 1. The van der Waals surface area contributed by atoms with Crippen LogP contribution in [0.15, 0.2) is 71.2 Å². The van der Waals surface area contributed by atoms with Crippen molar-refractivity contribution < 1.29 is 23.8 Å². The summed E-state index contributed by atoms with van der Waals surface area (Å²) in [5.74, 6) is 0.654. The molecule has 9 nitrogen and oxygen atoms in total. The van der Waals surface area contributed by atoms with Crippen molar-refractivity contribution in [2.75, 3.05) is 13.7 Å². The summed E-state index contributed by atoms with van der Waals surface area (Å²) in [5.41, 5.74) is 2.43. The van der Waals surface area contributed by atoms with E-state index in [1.165, 1.54) is 13.3 Å². The third-order valence-electron chi connectivity index (χ3n) is 4.20. The first kappa shape index (κ1) is 22.7. The van der Waals surface area contributed by atoms with Gasteiger partial charge in [0.1, 0.15) is 24.7 Å². The predicted molar refractivity (Wildman–Crippen MR) is 115 cm³/mol. The molecule has 0 bridgehead atoms. The Bertz CT molecular complexity index is 1090. The highest BCUT2D eigenvalue weighted by molar-refractivity contribution is 5.82. The lowest BCUT2D eigenvalue weighted by Crippen LogP contribution is -2.15. The Balaban J connectivity index is 1.71. The van der Waals surface area contributed by atoms with Crippen LogP contribution in [0.3, 0.4) is 0 Å². The van der Waals surface area contributed by atoms with Crippen molar-refractivity contribution in [3.8, 4) is 5.75 Å². The second-order valence-electron chi connectivity index (χ2n) is 6.79. The summed E-state index contributed by atoms with van der Waals surface area (Å²) in [5, 5.41) is 8.16. The number of azo groups is 1. The molecule has 0 spiro atoms. The molecule has 0 atom stereocenters. The molecule has 32 heavy (non-hydrogen) atoms. The van der Waals surface area contributed by atoms with E-state index in [4.69, 9.17) is 14.2 Å². The lowest BCUT2D eigenvalue weighted by atomic mass is 10.1. The normalized spacial score (nSPS) is 10.8. The second-order valence-corrected chi connectivity index (χ2v) is 6.79. The topological polar surface area (TPSA) is 112 Å². The average molecular weight is 434 g/mol. The van der Waals surface area contributed by atoms with Gasteiger partial charge in [-0.15, -0.1) is 10.2 Å². The molecule has 3 rings (SSSR count). The van der Waals surface area contributed by atoms with Crippen molar-refractivity contribution in [2.45, 2.75) is 20.0 Å². The van der Waals surface area contributed by atoms with Crippen molar-refractivity contribution in [1.82, 2.24) is 9.97 Å². The molecule has 3 aromatic rings. The van der Waals surface area contributed by atoms with Crippen LogP contribution < -0.4 is 4.74 Å². The summed E-state index contributed by atoms with van der Waals surface area (Å²) < 4.78 is 15.2. The van der Waals surface area contributed by atoms with E-state index in [1.807, 2.05) is 19.1 Å². The minimum absolute atomic E-state index is 0.0412. The monoisotopic (exact) mass is 434 g/mol. The smallest absolute Gasteiger partial charge is 0.427 e. The Labute approximate surface area is 185 Å². The third kappa shape index (κ3) is 7.06. The van der Waals surface area contributed by atoms with E-state index in [-0.39, 0.29) is 25.4 Å². The molecule has 0 saturated carbocycles. The number of methoxy groups -OCH3 is 1. The summed E-state index contributed by atoms with van der Waals surface area (Å²) in [6.45, 7) is 1.72. The van der Waals surface area contributed by atoms with Crippen molar-refractivity contribution in [1.29, 1.82) is 0 Å². The van der Waals surface area contributed by atoms with E-state index in [0.717, 1.165) is 5.56 Å². The minimum atomic E-state index is -0.872. The largest absolute Gasteiger partial charge is 0.514 e. The SMILES string of the molecule is COCC(=O)Cc1cc(N=Nc2ccccn2)cnc1COC(=O)Oc1ccc(C)cc1. The molecule has 1 aromatic carbocycles. The molecule has 0 radical (unpaired) electrons. The van der Waals surface area contributed by atoms with Crippen LogP contribution >= 0.6 is 0 Å². The van der Waals surface area contributed by atoms with Gasteiger partial charge in [0.2, 0.25) is 0 Å². The van der Waals surface area contributed by atoms with Gasteiger partial charge in [0.15, 0.2) is 11.6 Å². The van der Waals surface area contributed by atoms with Gasteiger partial charge in [0, 0.05) is 19.7 Å². The maximum absolute atomic E-state index is 12.1. The molecular formula is C23H22N4O5. The van der Waals surface area contributed by atoms with E-state index >= 15 is 0 Å². The molecule has 0 fully saturated rings. The molecule has 164 valence electrons. The molecule has 2 aromatic heterocycles. The fourth-order valence-electron chi connectivity index (χ4n) is 2.67. The van der Waals surface area contributed by atoms with E-state index in [2.05, 4.69) is 20.2 Å². The van der Waals surface area contributed by atoms with E-state index in [1.54, 1.807) is 42.6 Å². The summed E-state index contributed by atoms with van der Waals surface area (Å²) in [4.78, 5) is 32.5. The van der Waals surface area contributed by atoms with Crippen LogP contribution in [-0.4, -0.2) is 35.6 Å². The third-order valence-corrected chi connectivity index (χ3v) is 4.20. The summed E-state index contributed by atoms with van der Waals surface area (Å²) >= 11 is 0. The van der Waals surface area contributed by atoms with Crippen LogP contribution in [-0.2, 0) is 27.3 Å². The number of rotatable bonds is 9. The summed E-state index contributed by atoms with van der Waals surface area (Å²) in [7, 11) is 1.44. The molecule has 0 amide bonds. The molecular weight excluding hydrogens is 412 g/mol. The lowest BCUT2D eigenvalue weighted by Gasteiger charge is -2.10. The fourth-order valence-corrected chi connectivity index (χ4v) is 2.67. The van der Waals surface area contributed by atoms with Gasteiger partial charge in [-0.25, -0.2) is 9.78 Å². The lowest BCUT2D eigenvalue weighted by molar-refractivity contribution is -0.122. The molecule has 0 N–H and O–H groups in total. The minimum Gasteiger partial charge on any atom is -0.427 e. The van der Waals surface area contributed by atoms with Crippen molar-refractivity contribution in [3.63, 3.8) is 0 Å². The fraction of sp³-hybridized carbons (Fsp3) is 0.217. The molecule has 0 aliphatic heterocycles. The van der Waals surface area contributed by atoms with Gasteiger partial charge >= 0.3 is 6.16 Å². The van der Waals surface area contributed by atoms with E-state index in [9.17, 15) is 9.59 Å². The highest BCUT2D eigenvalue weighted by atomic mass is 16.7. The van der Waals surface area contributed by atoms with Crippen LogP contribution in [0.25, 0.3) is 0 Å². The van der Waals surface area contributed by atoms with Gasteiger partial charge in [-0.3, -0.25) is 9.78 Å². The van der Waals surface area contributed by atoms with Crippen LogP contribution in [0.1, 0.15) is 16.8 Å². The van der Waals surface area contributed by atoms with Crippen LogP contribution in [0.4, 0.5) is 16.3 Å². The van der Waals surface area contributed by atoms with Gasteiger partial charge in [0.25, 0.3) is 0 Å². The molecule has 9 heteroatoms. The Morgan fingerprint density at radius 1 is 1.03 bits per heavy atom. The number of aromatic nitrogens is 2. The maximum Gasteiger partial charge on any atom is 0.514 e. The Morgan fingerprint density at radius 2 is 1.84 bits per heavy atom. The van der Waals surface area contributed by atoms with E-state index in [0.29, 0.717) is 28.5 Å². The zero-order chi connectivity index (χ0) is 22.8. The number of carbonyl (C=O) groups is 2. The number of benzene rings is 1. The number of hydrogen-bond donors (Lipinski definition) is 0. The quantitative estimate of drug-likeness (QED) is 0.273. The number of carbonyl (C=O) groups excluding carboxylic acids is 2. The van der Waals surface area contributed by atoms with E-state index < -0.39 is 6.16 Å². The molecule has 0 aliphatic carbocycles. The first-order chi connectivity index (χ1) is 15.5. The second kappa shape index (κ2) is 11.4. The number of Topliss-reactive ketones (excluding diaryl/α,β-unsaturated/α-hetero) is 1. The highest BCUT2D eigenvalue weighted by Crippen LogP contribution is 2.21. The van der Waals surface area contributed by atoms with Gasteiger partial charge in [-0.2, -0.15) is 0 Å². The average Bonchev–Trinajstić information content (AvgIpc) is 2.79. The molecule has 2 heterocycles. The van der Waals surface area contributed by atoms with Gasteiger partial charge in [0.05, 0.1) is 11.9 Å². The number of hydrogen-bond acceptors (Lipinski definition) is 9. The first-order valence-corrected chi connectivity index (χ1v) is 9.76. The van der Waals surface area contributed by atoms with Gasteiger partial charge in [-0.1, -0.05) is 23.8 Å². The van der Waals surface area contributed by atoms with Gasteiger partial charge in [-0.05, 0) is 42.8 Å². The number of ether oxygens (including phenoxy) is 3. The maximum atomic E-state index is 12.1. The zero-order valence-corrected chi connectivity index (χ0v) is 17.7. The van der Waals surface area contributed by atoms with Crippen LogP contribution in [0, 0.1) is 6.92 Å². The number of nitrogens with zero attached hydrogens (tertiary/aromatic N) is 4. The van der Waals surface area contributed by atoms with Crippen molar-refractivity contribution in [2.24, 2.45) is 10.2 Å². The summed E-state index contributed by atoms with van der Waals surface area (Å²) in [6, 6.07) is 13.9. The van der Waals surface area contributed by atoms with Crippen molar-refractivity contribution >= 4 is 23.4 Å². The van der Waals surface area contributed by atoms with Gasteiger partial charge < -0.3 is 14.2 Å². The number of pyridine rings is 2. The molecule has 0 aliphatic rings. The Kier molecular flexibility index (Phi) is 8.10. The zero-order valence-electron chi connectivity index (χ0n) is 17.7. The Morgan fingerprint density at radius 3 is 2.56 bits per heavy atom. The van der Waals surface area contributed by atoms with Crippen LogP contribution in [0.2, 0.25) is 0 Å². The highest BCUT2D eigenvalue weighted by Gasteiger charge is 2.14. The Hall–Kier alpha value is -3.98. The van der Waals surface area contributed by atoms with Crippen LogP contribution in [0.5, 0.6) is 5.75 Å². The number of ketones is 1. The first-order valence-electron chi connectivity index (χ1n) is 9.76. The molecule has 0 saturated heterocycles. The van der Waals surface area contributed by atoms with Crippen molar-refractivity contribution in [3.05, 3.63) is 77.7 Å². The standard InChI is InChI=1S/C23H22N4O5/c1-16-6-8-20(9-7-16)32-23(29)31-15-21-17(12-19(28)14-30-2)11-18(13-25-21)26-27-22-5-3-4-10-24-22/h3-11,13H,12,14-15H2,1-2H3.